The number of nitrogens with one attached hydrogen (secondary N) is 1. The van der Waals surface area contributed by atoms with Crippen LogP contribution in [-0.2, 0) is 12.6 Å². The largest absolute Gasteiger partial charge is 0.417 e. The molecule has 0 amide bonds. The van der Waals surface area contributed by atoms with Gasteiger partial charge in [-0.3, -0.25) is 0 Å². The monoisotopic (exact) mass is 326 g/mol. The number of aromatic nitrogens is 1. The van der Waals surface area contributed by atoms with Crippen LogP contribution in [0.1, 0.15) is 16.7 Å². The van der Waals surface area contributed by atoms with E-state index < -0.39 is 19.8 Å². The second-order valence-corrected chi connectivity index (χ2v) is 11.3. The third-order valence-electron chi connectivity index (χ3n) is 3.58. The molecule has 118 valence electrons. The summed E-state index contributed by atoms with van der Waals surface area (Å²) >= 11 is 0. The average Bonchev–Trinajstić information content (AvgIpc) is 2.75. The van der Waals surface area contributed by atoms with Crippen LogP contribution < -0.4 is 5.32 Å². The third kappa shape index (κ3) is 2.89. The molecule has 0 aliphatic heterocycles. The Morgan fingerprint density at radius 2 is 1.91 bits per heavy atom. The predicted octanol–water partition coefficient (Wildman–Crippen LogP) is 3.14. The van der Waals surface area contributed by atoms with Gasteiger partial charge in [-0.05, 0) is 24.1 Å². The minimum atomic E-state index is -4.57. The van der Waals surface area contributed by atoms with Crippen molar-refractivity contribution >= 4 is 24.3 Å². The lowest BCUT2D eigenvalue weighted by atomic mass is 10.0. The molecule has 1 aromatic carbocycles. The first-order chi connectivity index (χ1) is 10.1. The Morgan fingerprint density at radius 1 is 1.27 bits per heavy atom. The van der Waals surface area contributed by atoms with Crippen LogP contribution in [0.4, 0.5) is 13.2 Å². The number of hydrogen-bond acceptors (Lipinski definition) is 2. The standard InChI is InChI=1S/C15H17F3N2OSi/c1-22(2,3)14-10(4-5-21)11-6-9(8-19)12(15(16,17)18)7-13(11)20-14/h6-7,20-21H,4-5H2,1-3H3. The SMILES string of the molecule is C[Si](C)(C)c1[nH]c2cc(C(F)(F)F)c(C#N)cc2c1CCO. The number of alkyl halides is 3. The van der Waals surface area contributed by atoms with Crippen LogP contribution in [0.3, 0.4) is 0 Å². The molecule has 0 aliphatic rings. The number of nitrogens with zero attached hydrogens (tertiary/aromatic N) is 1. The highest BCUT2D eigenvalue weighted by atomic mass is 28.3. The van der Waals surface area contributed by atoms with Gasteiger partial charge in [0.1, 0.15) is 0 Å². The first-order valence-electron chi connectivity index (χ1n) is 6.87. The molecule has 1 heterocycles. The molecule has 0 spiro atoms. The van der Waals surface area contributed by atoms with E-state index in [1.165, 1.54) is 6.07 Å². The summed E-state index contributed by atoms with van der Waals surface area (Å²) in [6, 6.07) is 3.91. The smallest absolute Gasteiger partial charge is 0.396 e. The normalized spacial score (nSPS) is 12.6. The minimum Gasteiger partial charge on any atom is -0.396 e. The lowest BCUT2D eigenvalue weighted by Gasteiger charge is -2.16. The summed E-state index contributed by atoms with van der Waals surface area (Å²) in [7, 11) is -1.82. The Bertz CT molecular complexity index is 751. The quantitative estimate of drug-likeness (QED) is 0.851. The van der Waals surface area contributed by atoms with E-state index in [0.29, 0.717) is 17.3 Å². The minimum absolute atomic E-state index is 0.0899. The predicted molar refractivity (Wildman–Crippen MR) is 81.8 cm³/mol. The number of aliphatic hydroxyl groups is 1. The van der Waals surface area contributed by atoms with Gasteiger partial charge in [0, 0.05) is 22.8 Å². The molecule has 0 bridgehead atoms. The maximum atomic E-state index is 13.1. The Hall–Kier alpha value is -1.78. The number of aromatic amines is 1. The summed E-state index contributed by atoms with van der Waals surface area (Å²) < 4.78 is 39.2. The first kappa shape index (κ1) is 16.6. The number of aliphatic hydroxyl groups excluding tert-OH is 1. The molecular formula is C15H17F3N2OSi. The second kappa shape index (κ2) is 5.45. The third-order valence-corrected chi connectivity index (χ3v) is 5.51. The van der Waals surface area contributed by atoms with E-state index in [1.54, 1.807) is 6.07 Å². The number of H-pyrrole nitrogens is 1. The van der Waals surface area contributed by atoms with E-state index in [9.17, 15) is 18.3 Å². The van der Waals surface area contributed by atoms with Crippen LogP contribution in [0.2, 0.25) is 19.6 Å². The molecule has 0 atom stereocenters. The zero-order valence-corrected chi connectivity index (χ0v) is 13.6. The van der Waals surface area contributed by atoms with E-state index in [-0.39, 0.29) is 12.2 Å². The van der Waals surface area contributed by atoms with E-state index in [1.807, 2.05) is 0 Å². The maximum Gasteiger partial charge on any atom is 0.417 e. The van der Waals surface area contributed by atoms with Crippen molar-refractivity contribution in [3.05, 3.63) is 28.8 Å². The molecule has 0 fully saturated rings. The van der Waals surface area contributed by atoms with Crippen molar-refractivity contribution in [2.24, 2.45) is 0 Å². The van der Waals surface area contributed by atoms with Gasteiger partial charge in [0.2, 0.25) is 0 Å². The molecule has 0 unspecified atom stereocenters. The van der Waals surface area contributed by atoms with Crippen molar-refractivity contribution in [2.75, 3.05) is 6.61 Å². The van der Waals surface area contributed by atoms with Crippen LogP contribution in [0.15, 0.2) is 12.1 Å². The summed E-state index contributed by atoms with van der Waals surface area (Å²) in [6.45, 7) is 6.14. The van der Waals surface area contributed by atoms with Gasteiger partial charge in [0.15, 0.2) is 0 Å². The lowest BCUT2D eigenvalue weighted by Crippen LogP contribution is -2.41. The van der Waals surface area contributed by atoms with Crippen LogP contribution in [-0.4, -0.2) is 24.8 Å². The lowest BCUT2D eigenvalue weighted by molar-refractivity contribution is -0.137. The van der Waals surface area contributed by atoms with Gasteiger partial charge in [-0.2, -0.15) is 18.4 Å². The molecule has 2 aromatic rings. The summed E-state index contributed by atoms with van der Waals surface area (Å²) in [4.78, 5) is 3.09. The van der Waals surface area contributed by atoms with E-state index in [4.69, 9.17) is 5.26 Å². The molecule has 22 heavy (non-hydrogen) atoms. The maximum absolute atomic E-state index is 13.1. The van der Waals surface area contributed by atoms with Gasteiger partial charge in [-0.1, -0.05) is 19.6 Å². The summed E-state index contributed by atoms with van der Waals surface area (Å²) in [6.07, 6.45) is -4.21. The molecule has 3 nitrogen and oxygen atoms in total. The van der Waals surface area contributed by atoms with Crippen LogP contribution in [0.5, 0.6) is 0 Å². The van der Waals surface area contributed by atoms with Crippen LogP contribution in [0, 0.1) is 11.3 Å². The summed E-state index contributed by atoms with van der Waals surface area (Å²) in [5.74, 6) is 0. The second-order valence-electron chi connectivity index (χ2n) is 6.26. The van der Waals surface area contributed by atoms with Crippen molar-refractivity contribution in [3.8, 4) is 6.07 Å². The Kier molecular flexibility index (Phi) is 4.11. The Balaban J connectivity index is 2.83. The number of hydrogen-bond donors (Lipinski definition) is 2. The fourth-order valence-corrected chi connectivity index (χ4v) is 4.31. The van der Waals surface area contributed by atoms with Gasteiger partial charge < -0.3 is 10.1 Å². The van der Waals surface area contributed by atoms with Crippen molar-refractivity contribution < 1.29 is 18.3 Å². The number of halogens is 3. The highest BCUT2D eigenvalue weighted by Gasteiger charge is 2.35. The Morgan fingerprint density at radius 3 is 2.36 bits per heavy atom. The zero-order chi connectivity index (χ0) is 16.7. The van der Waals surface area contributed by atoms with Crippen molar-refractivity contribution in [3.63, 3.8) is 0 Å². The molecule has 0 saturated heterocycles. The molecule has 0 radical (unpaired) electrons. The highest BCUT2D eigenvalue weighted by molar-refractivity contribution is 6.88. The van der Waals surface area contributed by atoms with E-state index >= 15 is 0 Å². The number of fused-ring (bicyclic) bond motifs is 1. The van der Waals surface area contributed by atoms with Gasteiger partial charge in [-0.25, -0.2) is 0 Å². The molecule has 7 heteroatoms. The van der Waals surface area contributed by atoms with Crippen LogP contribution >= 0.6 is 0 Å². The fourth-order valence-electron chi connectivity index (χ4n) is 2.64. The van der Waals surface area contributed by atoms with Crippen molar-refractivity contribution in [1.82, 2.24) is 4.98 Å². The van der Waals surface area contributed by atoms with Crippen molar-refractivity contribution in [2.45, 2.75) is 32.2 Å². The van der Waals surface area contributed by atoms with E-state index in [0.717, 1.165) is 16.9 Å². The molecule has 2 rings (SSSR count). The fraction of sp³-hybridized carbons (Fsp3) is 0.400. The van der Waals surface area contributed by atoms with E-state index in [2.05, 4.69) is 24.6 Å². The molecular weight excluding hydrogens is 309 g/mol. The van der Waals surface area contributed by atoms with Gasteiger partial charge in [0.25, 0.3) is 0 Å². The summed E-state index contributed by atoms with van der Waals surface area (Å²) in [5, 5.41) is 19.8. The molecule has 0 aliphatic carbocycles. The molecule has 0 saturated carbocycles. The zero-order valence-electron chi connectivity index (χ0n) is 12.6. The summed E-state index contributed by atoms with van der Waals surface area (Å²) in [5.41, 5.74) is -0.129. The number of benzene rings is 1. The first-order valence-corrected chi connectivity index (χ1v) is 10.4. The van der Waals surface area contributed by atoms with Crippen molar-refractivity contribution in [1.29, 1.82) is 5.26 Å². The molecule has 1 aromatic heterocycles. The van der Waals surface area contributed by atoms with Crippen LogP contribution in [0.25, 0.3) is 10.9 Å². The van der Waals surface area contributed by atoms with Gasteiger partial charge in [0.05, 0.1) is 25.3 Å². The Labute approximate surface area is 127 Å². The molecule has 2 N–H and O–H groups in total. The number of nitriles is 1. The van der Waals surface area contributed by atoms with Gasteiger partial charge in [-0.15, -0.1) is 0 Å². The highest BCUT2D eigenvalue weighted by Crippen LogP contribution is 2.35. The number of rotatable bonds is 3. The average molecular weight is 326 g/mol. The van der Waals surface area contributed by atoms with Gasteiger partial charge >= 0.3 is 6.18 Å². The topological polar surface area (TPSA) is 59.8 Å².